The number of rotatable bonds is 6. The zero-order valence-corrected chi connectivity index (χ0v) is 24.4. The maximum Gasteiger partial charge on any atom is 0.275 e. The lowest BCUT2D eigenvalue weighted by Gasteiger charge is -2.26. The van der Waals surface area contributed by atoms with Gasteiger partial charge in [-0.15, -0.1) is 0 Å². The molecule has 1 spiro atoms. The fraction of sp³-hybridized carbons (Fsp3) is 0.282. The Kier molecular flexibility index (Phi) is 5.27. The molecule has 0 bridgehead atoms. The average Bonchev–Trinajstić information content (AvgIpc) is 3.50. The lowest BCUT2D eigenvalue weighted by molar-refractivity contribution is -0.799. The van der Waals surface area contributed by atoms with Crippen LogP contribution in [0.2, 0.25) is 0 Å². The molecule has 2 nitrogen and oxygen atoms in total. The highest BCUT2D eigenvalue weighted by Gasteiger charge is 3.03. The van der Waals surface area contributed by atoms with Crippen molar-refractivity contribution in [2.75, 3.05) is 0 Å². The lowest BCUT2D eigenvalue weighted by atomic mass is 9.78. The molecule has 4 heterocycles. The van der Waals surface area contributed by atoms with E-state index in [0.29, 0.717) is 0 Å². The molecule has 3 aliphatic rings. The molecule has 5 aromatic rings. The summed E-state index contributed by atoms with van der Waals surface area (Å²) in [5.74, 6) is 0. The van der Waals surface area contributed by atoms with E-state index in [2.05, 4.69) is 145 Å². The molecular weight excluding hydrogens is 496 g/mol. The number of nitrogens with zero attached hydrogens (tertiary/aromatic N) is 2. The van der Waals surface area contributed by atoms with Crippen molar-refractivity contribution in [2.45, 2.75) is 69.4 Å². The fourth-order valence-corrected chi connectivity index (χ4v) is 9.44. The van der Waals surface area contributed by atoms with Gasteiger partial charge in [0.05, 0.1) is 11.1 Å². The highest BCUT2D eigenvalue weighted by atomic mass is 15.3. The molecule has 202 valence electrons. The molecule has 0 amide bonds. The van der Waals surface area contributed by atoms with Crippen molar-refractivity contribution in [2.24, 2.45) is 0 Å². The number of hydrogen-bond donors (Lipinski definition) is 0. The maximum atomic E-state index is 2.71. The van der Waals surface area contributed by atoms with Crippen LogP contribution < -0.4 is 9.13 Å². The van der Waals surface area contributed by atoms with Crippen LogP contribution in [-0.4, -0.2) is 0 Å². The van der Waals surface area contributed by atoms with Gasteiger partial charge >= 0.3 is 0 Å². The van der Waals surface area contributed by atoms with Crippen molar-refractivity contribution < 1.29 is 9.13 Å². The Bertz CT molecular complexity index is 1820. The van der Waals surface area contributed by atoms with Gasteiger partial charge in [0.15, 0.2) is 12.4 Å². The summed E-state index contributed by atoms with van der Waals surface area (Å²) in [6, 6.07) is 39.1. The van der Waals surface area contributed by atoms with Crippen LogP contribution >= 0.6 is 0 Å². The molecule has 2 aliphatic heterocycles. The summed E-state index contributed by atoms with van der Waals surface area (Å²) < 4.78 is 5.39. The van der Waals surface area contributed by atoms with Crippen molar-refractivity contribution in [3.8, 4) is 33.6 Å². The standard InChI is InChI=1S/C39H38N2/c1-4-7-15-28-22-24-40-35(26-28)31-18-11-13-20-33(31)37(5-2)38(40,6-3)39(37)34-21-14-12-19-32(34)36-27-30(23-25-41(36)39)29-16-9-8-10-17-29/h8-14,16-27H,4-7,15H2,1-3H3/q+2. The molecule has 2 heteroatoms. The van der Waals surface area contributed by atoms with E-state index in [-0.39, 0.29) is 16.5 Å². The van der Waals surface area contributed by atoms with Crippen molar-refractivity contribution in [3.63, 3.8) is 0 Å². The topological polar surface area (TPSA) is 7.76 Å². The van der Waals surface area contributed by atoms with Gasteiger partial charge in [0, 0.05) is 36.2 Å². The number of pyridine rings is 2. The third-order valence-electron chi connectivity index (χ3n) is 10.8. The minimum atomic E-state index is -0.207. The van der Waals surface area contributed by atoms with Crippen molar-refractivity contribution in [1.29, 1.82) is 0 Å². The second-order valence-electron chi connectivity index (χ2n) is 12.2. The number of aromatic nitrogens is 2. The lowest BCUT2D eigenvalue weighted by Crippen LogP contribution is -2.60. The number of benzene rings is 3. The average molecular weight is 535 g/mol. The molecular formula is C39H38N2+2. The molecule has 3 atom stereocenters. The molecule has 2 aromatic heterocycles. The normalized spacial score (nSPS) is 24.3. The second kappa shape index (κ2) is 8.73. The molecule has 0 radical (unpaired) electrons. The minimum absolute atomic E-state index is 0.0613. The first-order valence-corrected chi connectivity index (χ1v) is 15.6. The van der Waals surface area contributed by atoms with Crippen LogP contribution in [-0.2, 0) is 22.9 Å². The first kappa shape index (κ1) is 24.7. The van der Waals surface area contributed by atoms with Gasteiger partial charge in [-0.1, -0.05) is 93.9 Å². The first-order chi connectivity index (χ1) is 20.2. The zero-order chi connectivity index (χ0) is 27.8. The number of unbranched alkanes of at least 4 members (excludes halogenated alkanes) is 1. The molecule has 3 aromatic carbocycles. The Morgan fingerprint density at radius 2 is 1.24 bits per heavy atom. The van der Waals surface area contributed by atoms with Gasteiger partial charge in [0.25, 0.3) is 11.1 Å². The summed E-state index contributed by atoms with van der Waals surface area (Å²) in [5.41, 5.74) is 12.1. The SMILES string of the molecule is CCCCc1cc[n+]2c(c1)-c1ccccc1C1(CC)C2(CC)C12c1ccccc1-c1cc(-c3ccccc3)cc[n+]12. The smallest absolute Gasteiger partial charge is 0.184 e. The van der Waals surface area contributed by atoms with Crippen LogP contribution in [0, 0.1) is 0 Å². The Hall–Kier alpha value is -4.04. The molecule has 1 fully saturated rings. The van der Waals surface area contributed by atoms with Crippen LogP contribution in [0.5, 0.6) is 0 Å². The van der Waals surface area contributed by atoms with Gasteiger partial charge in [-0.25, -0.2) is 0 Å². The highest BCUT2D eigenvalue weighted by molar-refractivity contribution is 5.79. The van der Waals surface area contributed by atoms with E-state index in [0.717, 1.165) is 19.3 Å². The van der Waals surface area contributed by atoms with Gasteiger partial charge in [-0.05, 0) is 53.6 Å². The van der Waals surface area contributed by atoms with Crippen LogP contribution in [0.15, 0.2) is 116 Å². The van der Waals surface area contributed by atoms with E-state index < -0.39 is 0 Å². The van der Waals surface area contributed by atoms with Crippen LogP contribution in [0.3, 0.4) is 0 Å². The quantitative estimate of drug-likeness (QED) is 0.194. The fourth-order valence-electron chi connectivity index (χ4n) is 9.44. The largest absolute Gasteiger partial charge is 0.275 e. The molecule has 1 aliphatic carbocycles. The van der Waals surface area contributed by atoms with Crippen LogP contribution in [0.1, 0.15) is 63.1 Å². The van der Waals surface area contributed by atoms with E-state index in [1.165, 1.54) is 63.2 Å². The second-order valence-corrected chi connectivity index (χ2v) is 12.2. The van der Waals surface area contributed by atoms with E-state index in [1.807, 2.05) is 0 Å². The highest BCUT2D eigenvalue weighted by Crippen LogP contribution is 2.80. The summed E-state index contributed by atoms with van der Waals surface area (Å²) >= 11 is 0. The molecule has 8 rings (SSSR count). The van der Waals surface area contributed by atoms with Gasteiger partial charge in [-0.2, -0.15) is 9.13 Å². The predicted octanol–water partition coefficient (Wildman–Crippen LogP) is 8.14. The van der Waals surface area contributed by atoms with E-state index in [4.69, 9.17) is 0 Å². The Balaban J connectivity index is 1.46. The van der Waals surface area contributed by atoms with Gasteiger partial charge < -0.3 is 0 Å². The van der Waals surface area contributed by atoms with E-state index >= 15 is 0 Å². The zero-order valence-electron chi connectivity index (χ0n) is 24.4. The third-order valence-corrected chi connectivity index (χ3v) is 10.8. The van der Waals surface area contributed by atoms with Crippen LogP contribution in [0.4, 0.5) is 0 Å². The summed E-state index contributed by atoms with van der Waals surface area (Å²) in [6.07, 6.45) is 10.6. The minimum Gasteiger partial charge on any atom is -0.184 e. The Morgan fingerprint density at radius 3 is 1.98 bits per heavy atom. The summed E-state index contributed by atoms with van der Waals surface area (Å²) in [6.45, 7) is 7.14. The van der Waals surface area contributed by atoms with Crippen molar-refractivity contribution in [3.05, 3.63) is 132 Å². The van der Waals surface area contributed by atoms with Gasteiger partial charge in [-0.3, -0.25) is 0 Å². The molecule has 1 saturated carbocycles. The maximum absolute atomic E-state index is 2.71. The first-order valence-electron chi connectivity index (χ1n) is 15.6. The third kappa shape index (κ3) is 2.74. The molecule has 0 N–H and O–H groups in total. The van der Waals surface area contributed by atoms with Crippen molar-refractivity contribution in [1.82, 2.24) is 0 Å². The van der Waals surface area contributed by atoms with Gasteiger partial charge in [0.2, 0.25) is 11.4 Å². The summed E-state index contributed by atoms with van der Waals surface area (Å²) in [4.78, 5) is 0. The Morgan fingerprint density at radius 1 is 0.585 bits per heavy atom. The molecule has 41 heavy (non-hydrogen) atoms. The molecule has 0 saturated heterocycles. The summed E-state index contributed by atoms with van der Waals surface area (Å²) in [5, 5.41) is 0. The van der Waals surface area contributed by atoms with E-state index in [1.54, 1.807) is 0 Å². The van der Waals surface area contributed by atoms with Crippen LogP contribution in [0.25, 0.3) is 33.6 Å². The predicted molar refractivity (Wildman–Crippen MR) is 166 cm³/mol. The summed E-state index contributed by atoms with van der Waals surface area (Å²) in [7, 11) is 0. The number of hydrogen-bond acceptors (Lipinski definition) is 0. The van der Waals surface area contributed by atoms with Crippen molar-refractivity contribution >= 4 is 0 Å². The number of aryl methyl sites for hydroxylation is 1. The molecule has 3 unspecified atom stereocenters. The monoisotopic (exact) mass is 534 g/mol. The van der Waals surface area contributed by atoms with E-state index in [9.17, 15) is 0 Å². The van der Waals surface area contributed by atoms with Gasteiger partial charge in [0.1, 0.15) is 5.41 Å². The number of fused-ring (bicyclic) bond motifs is 13. The Labute approximate surface area is 244 Å².